The molecular weight excluding hydrogens is 202 g/mol. The van der Waals surface area contributed by atoms with Crippen molar-refractivity contribution >= 4 is 11.7 Å². The molecule has 0 bridgehead atoms. The Morgan fingerprint density at radius 3 is 2.38 bits per heavy atom. The Balaban J connectivity index is 2.46. The van der Waals surface area contributed by atoms with Crippen LogP contribution in [0.5, 0.6) is 0 Å². The summed E-state index contributed by atoms with van der Waals surface area (Å²) in [6, 6.07) is 15.3. The van der Waals surface area contributed by atoms with Crippen LogP contribution in [0.4, 0.5) is 5.69 Å². The predicted molar refractivity (Wildman–Crippen MR) is 62.1 cm³/mol. The molecule has 3 heteroatoms. The maximum Gasteiger partial charge on any atom is 0.337 e. The van der Waals surface area contributed by atoms with Gasteiger partial charge >= 0.3 is 5.97 Å². The van der Waals surface area contributed by atoms with Crippen molar-refractivity contribution in [3.05, 3.63) is 54.1 Å². The number of carboxylic acid groups (broad SMARTS) is 1. The van der Waals surface area contributed by atoms with Crippen molar-refractivity contribution < 1.29 is 9.90 Å². The van der Waals surface area contributed by atoms with Gasteiger partial charge in [-0.05, 0) is 29.3 Å². The maximum absolute atomic E-state index is 10.8. The minimum atomic E-state index is -1.01. The van der Waals surface area contributed by atoms with Gasteiger partial charge in [-0.1, -0.05) is 30.3 Å². The van der Waals surface area contributed by atoms with Crippen molar-refractivity contribution in [3.8, 4) is 11.1 Å². The van der Waals surface area contributed by atoms with E-state index in [0.29, 0.717) is 0 Å². The first-order valence-electron chi connectivity index (χ1n) is 4.78. The molecule has 3 nitrogen and oxygen atoms in total. The normalized spacial score (nSPS) is 10.0. The van der Waals surface area contributed by atoms with Crippen LogP contribution in [0.15, 0.2) is 42.5 Å². The molecule has 0 heterocycles. The lowest BCUT2D eigenvalue weighted by molar-refractivity contribution is 0.0698. The smallest absolute Gasteiger partial charge is 0.337 e. The van der Waals surface area contributed by atoms with Gasteiger partial charge in [-0.15, -0.1) is 0 Å². The lowest BCUT2D eigenvalue weighted by Crippen LogP contribution is -2.01. The fourth-order valence-corrected chi connectivity index (χ4v) is 1.52. The molecule has 2 aromatic carbocycles. The minimum Gasteiger partial charge on any atom is -0.478 e. The van der Waals surface area contributed by atoms with Gasteiger partial charge in [0.2, 0.25) is 0 Å². The molecule has 2 aromatic rings. The first-order chi connectivity index (χ1) is 7.68. The molecule has 0 saturated carbocycles. The molecule has 2 rings (SSSR count). The number of benzene rings is 2. The summed E-state index contributed by atoms with van der Waals surface area (Å²) in [4.78, 5) is 10.8. The quantitative estimate of drug-likeness (QED) is 0.751. The number of rotatable bonds is 2. The highest BCUT2D eigenvalue weighted by Crippen LogP contribution is 2.23. The summed E-state index contributed by atoms with van der Waals surface area (Å²) in [6.45, 7) is 0. The Kier molecular flexibility index (Phi) is 2.60. The molecule has 1 radical (unpaired) electrons. The average molecular weight is 212 g/mol. The highest BCUT2D eigenvalue weighted by Gasteiger charge is 2.08. The van der Waals surface area contributed by atoms with E-state index in [-0.39, 0.29) is 11.3 Å². The zero-order valence-corrected chi connectivity index (χ0v) is 8.47. The fourth-order valence-electron chi connectivity index (χ4n) is 1.52. The molecule has 3 N–H and O–H groups in total. The Labute approximate surface area is 93.1 Å². The summed E-state index contributed by atoms with van der Waals surface area (Å²) in [7, 11) is 0. The van der Waals surface area contributed by atoms with E-state index in [9.17, 15) is 4.79 Å². The van der Waals surface area contributed by atoms with Crippen LogP contribution in [0, 0.1) is 6.07 Å². The van der Waals surface area contributed by atoms with Crippen LogP contribution in [0.2, 0.25) is 0 Å². The molecule has 0 aliphatic heterocycles. The number of carboxylic acids is 1. The van der Waals surface area contributed by atoms with Crippen molar-refractivity contribution in [2.24, 2.45) is 0 Å². The molecule has 16 heavy (non-hydrogen) atoms. The van der Waals surface area contributed by atoms with Crippen molar-refractivity contribution in [2.75, 3.05) is 5.73 Å². The largest absolute Gasteiger partial charge is 0.478 e. The second-order valence-electron chi connectivity index (χ2n) is 3.40. The molecule has 79 valence electrons. The standard InChI is InChI=1S/C13H10NO2/c14-12-8-10(6-7-11(12)13(15)16)9-4-2-1-3-5-9/h2-8H,14H2,(H,15,16). The highest BCUT2D eigenvalue weighted by atomic mass is 16.4. The predicted octanol–water partition coefficient (Wildman–Crippen LogP) is 2.43. The third-order valence-corrected chi connectivity index (χ3v) is 2.33. The van der Waals surface area contributed by atoms with Crippen LogP contribution < -0.4 is 5.73 Å². The maximum atomic E-state index is 10.8. The van der Waals surface area contributed by atoms with Crippen LogP contribution in [-0.4, -0.2) is 11.1 Å². The molecule has 0 atom stereocenters. The van der Waals surface area contributed by atoms with Gasteiger partial charge in [0.25, 0.3) is 0 Å². The van der Waals surface area contributed by atoms with Gasteiger partial charge in [-0.25, -0.2) is 4.79 Å². The first kappa shape index (κ1) is 10.2. The summed E-state index contributed by atoms with van der Waals surface area (Å²) < 4.78 is 0. The zero-order chi connectivity index (χ0) is 11.5. The monoisotopic (exact) mass is 212 g/mol. The Morgan fingerprint density at radius 1 is 1.12 bits per heavy atom. The number of nitrogens with two attached hydrogens (primary N) is 1. The van der Waals surface area contributed by atoms with Gasteiger partial charge in [0.15, 0.2) is 0 Å². The number of hydrogen-bond acceptors (Lipinski definition) is 2. The summed E-state index contributed by atoms with van der Waals surface area (Å²) in [5.41, 5.74) is 7.97. The van der Waals surface area contributed by atoms with Crippen molar-refractivity contribution in [1.82, 2.24) is 0 Å². The number of hydrogen-bond donors (Lipinski definition) is 2. The fraction of sp³-hybridized carbons (Fsp3) is 0. The molecule has 0 aromatic heterocycles. The van der Waals surface area contributed by atoms with Crippen LogP contribution in [0.1, 0.15) is 10.4 Å². The van der Waals surface area contributed by atoms with Gasteiger partial charge < -0.3 is 10.8 Å². The van der Waals surface area contributed by atoms with Crippen LogP contribution >= 0.6 is 0 Å². The van der Waals surface area contributed by atoms with Crippen LogP contribution in [0.25, 0.3) is 11.1 Å². The van der Waals surface area contributed by atoms with E-state index >= 15 is 0 Å². The van der Waals surface area contributed by atoms with Gasteiger partial charge in [0.1, 0.15) is 0 Å². The number of carbonyl (C=O) groups is 1. The number of aromatic carboxylic acids is 1. The van der Waals surface area contributed by atoms with E-state index in [1.807, 2.05) is 12.1 Å². The third-order valence-electron chi connectivity index (χ3n) is 2.33. The molecule has 0 saturated heterocycles. The second-order valence-corrected chi connectivity index (χ2v) is 3.40. The third kappa shape index (κ3) is 1.88. The van der Waals surface area contributed by atoms with Crippen molar-refractivity contribution in [3.63, 3.8) is 0 Å². The summed E-state index contributed by atoms with van der Waals surface area (Å²) in [5, 5.41) is 8.84. The lowest BCUT2D eigenvalue weighted by atomic mass is 10.0. The Bertz CT molecular complexity index is 521. The van der Waals surface area contributed by atoms with Crippen molar-refractivity contribution in [2.45, 2.75) is 0 Å². The van der Waals surface area contributed by atoms with E-state index in [0.717, 1.165) is 11.1 Å². The summed E-state index contributed by atoms with van der Waals surface area (Å²) in [5.74, 6) is -1.01. The molecule has 0 amide bonds. The first-order valence-corrected chi connectivity index (χ1v) is 4.78. The average Bonchev–Trinajstić information content (AvgIpc) is 2.29. The second kappa shape index (κ2) is 4.06. The van der Waals surface area contributed by atoms with E-state index < -0.39 is 5.97 Å². The summed E-state index contributed by atoms with van der Waals surface area (Å²) >= 11 is 0. The molecule has 0 aliphatic carbocycles. The molecular formula is C13H10NO2. The van der Waals surface area contributed by atoms with Gasteiger partial charge in [0, 0.05) is 5.69 Å². The highest BCUT2D eigenvalue weighted by molar-refractivity contribution is 5.94. The zero-order valence-electron chi connectivity index (χ0n) is 8.47. The molecule has 0 spiro atoms. The topological polar surface area (TPSA) is 63.3 Å². The van der Waals surface area contributed by atoms with Gasteiger partial charge in [0.05, 0.1) is 5.56 Å². The lowest BCUT2D eigenvalue weighted by Gasteiger charge is -2.05. The van der Waals surface area contributed by atoms with E-state index in [2.05, 4.69) is 6.07 Å². The Morgan fingerprint density at radius 2 is 1.81 bits per heavy atom. The number of nitrogen functional groups attached to an aromatic ring is 1. The minimum absolute atomic E-state index is 0.131. The van der Waals surface area contributed by atoms with Gasteiger partial charge in [-0.3, -0.25) is 0 Å². The molecule has 0 unspecified atom stereocenters. The Hall–Kier alpha value is -2.29. The van der Waals surface area contributed by atoms with E-state index in [1.165, 1.54) is 6.07 Å². The molecule has 0 aliphatic rings. The summed E-state index contributed by atoms with van der Waals surface area (Å²) in [6.07, 6.45) is 0. The van der Waals surface area contributed by atoms with Gasteiger partial charge in [-0.2, -0.15) is 0 Å². The van der Waals surface area contributed by atoms with Crippen LogP contribution in [-0.2, 0) is 0 Å². The van der Waals surface area contributed by atoms with Crippen molar-refractivity contribution in [1.29, 1.82) is 0 Å². The van der Waals surface area contributed by atoms with E-state index in [4.69, 9.17) is 10.8 Å². The number of anilines is 1. The molecule has 0 fully saturated rings. The van der Waals surface area contributed by atoms with Crippen LogP contribution in [0.3, 0.4) is 0 Å². The SMILES string of the molecule is Nc1cc(-c2cc[c]cc2)ccc1C(=O)O. The van der Waals surface area contributed by atoms with E-state index in [1.54, 1.807) is 24.3 Å².